The molecule has 35 heavy (non-hydrogen) atoms. The monoisotopic (exact) mass is 479 g/mol. The van der Waals surface area contributed by atoms with Gasteiger partial charge in [-0.25, -0.2) is 12.7 Å². The second-order valence-corrected chi connectivity index (χ2v) is 10.5. The Balaban J connectivity index is 1.76. The molecule has 0 unspecified atom stereocenters. The molecule has 0 saturated heterocycles. The van der Waals surface area contributed by atoms with Crippen LogP contribution in [0.4, 0.5) is 0 Å². The number of sulfonamides is 1. The number of benzene rings is 4. The summed E-state index contributed by atoms with van der Waals surface area (Å²) in [6, 6.07) is 35.0. The summed E-state index contributed by atoms with van der Waals surface area (Å²) in [4.78, 5) is 14.4. The van der Waals surface area contributed by atoms with Crippen LogP contribution in [0, 0.1) is 6.92 Å². The molecule has 1 amide bonds. The van der Waals surface area contributed by atoms with E-state index in [1.165, 1.54) is 0 Å². The highest BCUT2D eigenvalue weighted by Crippen LogP contribution is 2.45. The number of carbonyl (C=O) groups excluding carboxylic acids is 1. The van der Waals surface area contributed by atoms with Crippen molar-refractivity contribution in [3.05, 3.63) is 144 Å². The van der Waals surface area contributed by atoms with Crippen LogP contribution in [-0.4, -0.2) is 18.6 Å². The maximum Gasteiger partial charge on any atom is 0.270 e. The van der Waals surface area contributed by atoms with Gasteiger partial charge < -0.3 is 0 Å². The van der Waals surface area contributed by atoms with Crippen LogP contribution in [0.5, 0.6) is 0 Å². The summed E-state index contributed by atoms with van der Waals surface area (Å²) in [5.41, 5.74) is 3.72. The lowest BCUT2D eigenvalue weighted by Crippen LogP contribution is -2.43. The molecule has 0 aliphatic carbocycles. The van der Waals surface area contributed by atoms with Crippen molar-refractivity contribution in [3.63, 3.8) is 0 Å². The molecule has 1 aliphatic rings. The van der Waals surface area contributed by atoms with E-state index >= 15 is 0 Å². The normalized spacial score (nSPS) is 18.3. The van der Waals surface area contributed by atoms with Gasteiger partial charge in [-0.2, -0.15) is 0 Å². The van der Waals surface area contributed by atoms with Crippen molar-refractivity contribution >= 4 is 21.6 Å². The zero-order chi connectivity index (χ0) is 24.4. The Morgan fingerprint density at radius 3 is 1.74 bits per heavy atom. The fourth-order valence-electron chi connectivity index (χ4n) is 4.59. The highest BCUT2D eigenvalue weighted by atomic mass is 32.2. The zero-order valence-electron chi connectivity index (χ0n) is 19.3. The third-order valence-corrected chi connectivity index (χ3v) is 8.08. The molecule has 0 radical (unpaired) electrons. The molecule has 4 aromatic rings. The van der Waals surface area contributed by atoms with Crippen molar-refractivity contribution in [2.75, 3.05) is 0 Å². The first-order valence-electron chi connectivity index (χ1n) is 11.5. The molecule has 0 bridgehead atoms. The SMILES string of the molecule is Cc1ccc(S(=O)(=O)N2C(=O)[C@@H](c3ccccc3)[C@H](c3ccccc3)C=C2c2ccccc2)cc1. The predicted octanol–water partition coefficient (Wildman–Crippen LogP) is 6.13. The number of amides is 1. The van der Waals surface area contributed by atoms with Gasteiger partial charge in [0.25, 0.3) is 10.0 Å². The molecule has 174 valence electrons. The Bertz CT molecular complexity index is 1460. The first kappa shape index (κ1) is 22.8. The van der Waals surface area contributed by atoms with Gasteiger partial charge in [0.1, 0.15) is 0 Å². The van der Waals surface area contributed by atoms with E-state index in [9.17, 15) is 13.2 Å². The van der Waals surface area contributed by atoms with Gasteiger partial charge in [0, 0.05) is 5.92 Å². The van der Waals surface area contributed by atoms with E-state index in [0.29, 0.717) is 11.3 Å². The Labute approximate surface area is 206 Å². The Morgan fingerprint density at radius 2 is 1.17 bits per heavy atom. The van der Waals surface area contributed by atoms with Gasteiger partial charge in [0.15, 0.2) is 0 Å². The van der Waals surface area contributed by atoms with Crippen molar-refractivity contribution in [3.8, 4) is 0 Å². The van der Waals surface area contributed by atoms with Crippen molar-refractivity contribution in [1.82, 2.24) is 4.31 Å². The lowest BCUT2D eigenvalue weighted by atomic mass is 9.78. The number of hydrogen-bond donors (Lipinski definition) is 0. The van der Waals surface area contributed by atoms with Crippen molar-refractivity contribution in [2.24, 2.45) is 0 Å². The number of allylic oxidation sites excluding steroid dienone is 1. The summed E-state index contributed by atoms with van der Waals surface area (Å²) in [5.74, 6) is -1.48. The Hall–Kier alpha value is -3.96. The molecular formula is C30H25NO3S. The average molecular weight is 480 g/mol. The van der Waals surface area contributed by atoms with E-state index in [-0.39, 0.29) is 10.8 Å². The van der Waals surface area contributed by atoms with E-state index in [1.54, 1.807) is 24.3 Å². The van der Waals surface area contributed by atoms with Crippen LogP contribution in [0.15, 0.2) is 126 Å². The van der Waals surface area contributed by atoms with Gasteiger partial charge in [-0.05, 0) is 35.7 Å². The minimum atomic E-state index is -4.16. The molecule has 0 spiro atoms. The summed E-state index contributed by atoms with van der Waals surface area (Å²) in [6.07, 6.45) is 1.93. The smallest absolute Gasteiger partial charge is 0.270 e. The van der Waals surface area contributed by atoms with Crippen molar-refractivity contribution in [2.45, 2.75) is 23.7 Å². The average Bonchev–Trinajstić information content (AvgIpc) is 2.89. The van der Waals surface area contributed by atoms with Gasteiger partial charge in [0.2, 0.25) is 5.91 Å². The fourth-order valence-corrected chi connectivity index (χ4v) is 6.06. The first-order valence-corrected chi connectivity index (χ1v) is 12.9. The number of carbonyl (C=O) groups is 1. The van der Waals surface area contributed by atoms with E-state index < -0.39 is 21.8 Å². The summed E-state index contributed by atoms with van der Waals surface area (Å²) in [7, 11) is -4.16. The van der Waals surface area contributed by atoms with Crippen LogP contribution in [0.3, 0.4) is 0 Å². The molecule has 0 N–H and O–H groups in total. The molecule has 2 atom stereocenters. The van der Waals surface area contributed by atoms with Gasteiger partial charge in [0.05, 0.1) is 16.5 Å². The van der Waals surface area contributed by atoms with Gasteiger partial charge >= 0.3 is 0 Å². The lowest BCUT2D eigenvalue weighted by Gasteiger charge is -2.37. The Kier molecular flexibility index (Phi) is 6.10. The van der Waals surface area contributed by atoms with Crippen molar-refractivity contribution in [1.29, 1.82) is 0 Å². The lowest BCUT2D eigenvalue weighted by molar-refractivity contribution is -0.126. The molecule has 0 fully saturated rings. The minimum absolute atomic E-state index is 0.0863. The van der Waals surface area contributed by atoms with Gasteiger partial charge in [-0.15, -0.1) is 0 Å². The van der Waals surface area contributed by atoms with Gasteiger partial charge in [-0.3, -0.25) is 4.79 Å². The molecule has 4 nitrogen and oxygen atoms in total. The van der Waals surface area contributed by atoms with Crippen LogP contribution in [-0.2, 0) is 14.8 Å². The molecule has 4 aromatic carbocycles. The second kappa shape index (κ2) is 9.35. The first-order chi connectivity index (χ1) is 17.0. The summed E-state index contributed by atoms with van der Waals surface area (Å²) >= 11 is 0. The second-order valence-electron chi connectivity index (χ2n) is 8.66. The maximum absolute atomic E-state index is 14.3. The number of aryl methyl sites for hydroxylation is 1. The van der Waals surface area contributed by atoms with E-state index in [0.717, 1.165) is 21.0 Å². The largest absolute Gasteiger partial charge is 0.273 e. The van der Waals surface area contributed by atoms with Crippen LogP contribution < -0.4 is 0 Å². The summed E-state index contributed by atoms with van der Waals surface area (Å²) in [6.45, 7) is 1.90. The Morgan fingerprint density at radius 1 is 0.657 bits per heavy atom. The molecule has 5 rings (SSSR count). The predicted molar refractivity (Wildman–Crippen MR) is 138 cm³/mol. The third kappa shape index (κ3) is 4.31. The van der Waals surface area contributed by atoms with Crippen molar-refractivity contribution < 1.29 is 13.2 Å². The van der Waals surface area contributed by atoms with Crippen LogP contribution in [0.1, 0.15) is 34.1 Å². The highest BCUT2D eigenvalue weighted by molar-refractivity contribution is 7.90. The van der Waals surface area contributed by atoms with E-state index in [2.05, 4.69) is 0 Å². The van der Waals surface area contributed by atoms with Crippen LogP contribution in [0.2, 0.25) is 0 Å². The molecule has 1 aliphatic heterocycles. The third-order valence-electron chi connectivity index (χ3n) is 6.35. The zero-order valence-corrected chi connectivity index (χ0v) is 20.1. The number of nitrogens with zero attached hydrogens (tertiary/aromatic N) is 1. The molecule has 1 heterocycles. The van der Waals surface area contributed by atoms with Crippen LogP contribution >= 0.6 is 0 Å². The quantitative estimate of drug-likeness (QED) is 0.346. The van der Waals surface area contributed by atoms with E-state index in [4.69, 9.17) is 0 Å². The fraction of sp³-hybridized carbons (Fsp3) is 0.100. The van der Waals surface area contributed by atoms with Gasteiger partial charge in [-0.1, -0.05) is 115 Å². The van der Waals surface area contributed by atoms with E-state index in [1.807, 2.05) is 104 Å². The summed E-state index contributed by atoms with van der Waals surface area (Å²) in [5, 5.41) is 0. The molecular weight excluding hydrogens is 454 g/mol. The topological polar surface area (TPSA) is 54.5 Å². The maximum atomic E-state index is 14.3. The molecule has 0 saturated carbocycles. The standard InChI is InChI=1S/C30H25NO3S/c1-22-17-19-26(20-18-22)35(33,34)31-28(24-13-7-3-8-14-24)21-27(23-11-5-2-6-12-23)29(30(31)32)25-15-9-4-10-16-25/h2-21,27,29H,1H3/t27-,29-/m0/s1. The summed E-state index contributed by atoms with van der Waals surface area (Å²) < 4.78 is 29.0. The van der Waals surface area contributed by atoms with Crippen LogP contribution in [0.25, 0.3) is 5.70 Å². The molecule has 5 heteroatoms. The number of rotatable bonds is 5. The highest BCUT2D eigenvalue weighted by Gasteiger charge is 2.44. The minimum Gasteiger partial charge on any atom is -0.273 e. The molecule has 0 aromatic heterocycles. The number of hydrogen-bond acceptors (Lipinski definition) is 3.